The summed E-state index contributed by atoms with van der Waals surface area (Å²) < 4.78 is 9.90. The van der Waals surface area contributed by atoms with Gasteiger partial charge in [0, 0.05) is 5.39 Å². The molecule has 24 heavy (non-hydrogen) atoms. The average molecular weight is 345 g/mol. The number of thiazole rings is 1. The van der Waals surface area contributed by atoms with E-state index in [2.05, 4.69) is 20.2 Å². The first-order valence-electron chi connectivity index (χ1n) is 7.18. The Hall–Kier alpha value is -2.74. The number of rotatable bonds is 4. The van der Waals surface area contributed by atoms with Crippen LogP contribution in [0.3, 0.4) is 0 Å². The standard InChI is InChI=1S/C16H15N3O4S/c1-8-4-5-12-10(6-8)11(19-23-12)7-13(20)18-16-17-9(2)14(24-16)15(21)22-3/h4-6H,7H2,1-3H3,(H,17,18,20). The number of esters is 1. The van der Waals surface area contributed by atoms with Crippen LogP contribution in [-0.2, 0) is 16.0 Å². The molecule has 0 aliphatic heterocycles. The molecule has 0 spiro atoms. The van der Waals surface area contributed by atoms with Gasteiger partial charge in [0.2, 0.25) is 5.91 Å². The first-order valence-corrected chi connectivity index (χ1v) is 8.00. The van der Waals surface area contributed by atoms with Gasteiger partial charge in [-0.05, 0) is 26.0 Å². The number of carbonyl (C=O) groups is 2. The van der Waals surface area contributed by atoms with E-state index in [0.29, 0.717) is 27.0 Å². The number of ether oxygens (including phenoxy) is 1. The molecule has 2 heterocycles. The number of aryl methyl sites for hydroxylation is 2. The van der Waals surface area contributed by atoms with Crippen LogP contribution in [0.5, 0.6) is 0 Å². The van der Waals surface area contributed by atoms with Gasteiger partial charge in [-0.25, -0.2) is 9.78 Å². The molecule has 0 atom stereocenters. The average Bonchev–Trinajstić information content (AvgIpc) is 3.10. The van der Waals surface area contributed by atoms with Crippen molar-refractivity contribution in [1.82, 2.24) is 10.1 Å². The van der Waals surface area contributed by atoms with Crippen molar-refractivity contribution in [3.63, 3.8) is 0 Å². The molecule has 0 aliphatic rings. The molecule has 124 valence electrons. The second kappa shape index (κ2) is 6.40. The number of methoxy groups -OCH3 is 1. The zero-order chi connectivity index (χ0) is 17.3. The highest BCUT2D eigenvalue weighted by Crippen LogP contribution is 2.24. The van der Waals surface area contributed by atoms with Crippen molar-refractivity contribution in [2.45, 2.75) is 20.3 Å². The van der Waals surface area contributed by atoms with Crippen molar-refractivity contribution in [2.24, 2.45) is 0 Å². The lowest BCUT2D eigenvalue weighted by Gasteiger charge is -1.99. The van der Waals surface area contributed by atoms with Crippen LogP contribution in [0.2, 0.25) is 0 Å². The summed E-state index contributed by atoms with van der Waals surface area (Å²) in [6.45, 7) is 3.65. The number of nitrogens with zero attached hydrogens (tertiary/aromatic N) is 2. The van der Waals surface area contributed by atoms with Gasteiger partial charge in [0.15, 0.2) is 10.7 Å². The molecule has 0 saturated carbocycles. The maximum Gasteiger partial charge on any atom is 0.350 e. The van der Waals surface area contributed by atoms with Crippen LogP contribution in [0.1, 0.15) is 26.6 Å². The molecular formula is C16H15N3O4S. The van der Waals surface area contributed by atoms with Gasteiger partial charge in [0.1, 0.15) is 10.6 Å². The Morgan fingerprint density at radius 2 is 2.12 bits per heavy atom. The van der Waals surface area contributed by atoms with E-state index in [4.69, 9.17) is 4.52 Å². The van der Waals surface area contributed by atoms with Crippen LogP contribution in [0.4, 0.5) is 5.13 Å². The largest absolute Gasteiger partial charge is 0.465 e. The topological polar surface area (TPSA) is 94.3 Å². The van der Waals surface area contributed by atoms with Crippen molar-refractivity contribution in [3.05, 3.63) is 40.0 Å². The number of nitrogens with one attached hydrogen (secondary N) is 1. The summed E-state index contributed by atoms with van der Waals surface area (Å²) in [5.41, 5.74) is 2.78. The van der Waals surface area contributed by atoms with E-state index >= 15 is 0 Å². The van der Waals surface area contributed by atoms with E-state index in [1.54, 1.807) is 6.92 Å². The maximum absolute atomic E-state index is 12.2. The lowest BCUT2D eigenvalue weighted by atomic mass is 10.1. The zero-order valence-electron chi connectivity index (χ0n) is 13.4. The lowest BCUT2D eigenvalue weighted by Crippen LogP contribution is -2.14. The van der Waals surface area contributed by atoms with Crippen molar-refractivity contribution in [1.29, 1.82) is 0 Å². The summed E-state index contributed by atoms with van der Waals surface area (Å²) in [4.78, 5) is 28.3. The summed E-state index contributed by atoms with van der Waals surface area (Å²) >= 11 is 1.08. The molecule has 0 fully saturated rings. The third-order valence-electron chi connectivity index (χ3n) is 3.44. The minimum atomic E-state index is -0.469. The molecular weight excluding hydrogens is 330 g/mol. The number of amides is 1. The summed E-state index contributed by atoms with van der Waals surface area (Å²) in [6.07, 6.45) is 0.0582. The van der Waals surface area contributed by atoms with Crippen LogP contribution in [-0.4, -0.2) is 29.1 Å². The van der Waals surface area contributed by atoms with Crippen LogP contribution in [0, 0.1) is 13.8 Å². The van der Waals surface area contributed by atoms with Gasteiger partial charge in [0.05, 0.1) is 19.2 Å². The smallest absolute Gasteiger partial charge is 0.350 e. The van der Waals surface area contributed by atoms with Crippen molar-refractivity contribution >= 4 is 39.3 Å². The molecule has 7 nitrogen and oxygen atoms in total. The highest BCUT2D eigenvalue weighted by molar-refractivity contribution is 7.17. The fourth-order valence-electron chi connectivity index (χ4n) is 2.28. The van der Waals surface area contributed by atoms with Gasteiger partial charge in [-0.2, -0.15) is 0 Å². The Labute approximate surface area is 141 Å². The van der Waals surface area contributed by atoms with E-state index in [9.17, 15) is 9.59 Å². The van der Waals surface area contributed by atoms with Crippen LogP contribution < -0.4 is 5.32 Å². The lowest BCUT2D eigenvalue weighted by molar-refractivity contribution is -0.115. The summed E-state index contributed by atoms with van der Waals surface area (Å²) in [7, 11) is 1.30. The molecule has 1 amide bonds. The van der Waals surface area contributed by atoms with Gasteiger partial charge in [-0.3, -0.25) is 4.79 Å². The fraction of sp³-hybridized carbons (Fsp3) is 0.250. The highest BCUT2D eigenvalue weighted by atomic mass is 32.1. The van der Waals surface area contributed by atoms with Gasteiger partial charge >= 0.3 is 5.97 Å². The first kappa shape index (κ1) is 16.1. The minimum absolute atomic E-state index is 0.0582. The van der Waals surface area contributed by atoms with Gasteiger partial charge in [0.25, 0.3) is 0 Å². The fourth-order valence-corrected chi connectivity index (χ4v) is 3.18. The number of hydrogen-bond acceptors (Lipinski definition) is 7. The second-order valence-electron chi connectivity index (χ2n) is 5.28. The molecule has 3 aromatic rings. The predicted octanol–water partition coefficient (Wildman–Crippen LogP) is 2.87. The zero-order valence-corrected chi connectivity index (χ0v) is 14.2. The normalized spacial score (nSPS) is 10.8. The van der Waals surface area contributed by atoms with E-state index in [0.717, 1.165) is 22.3 Å². The van der Waals surface area contributed by atoms with Gasteiger partial charge in [-0.1, -0.05) is 28.1 Å². The third-order valence-corrected chi connectivity index (χ3v) is 4.49. The minimum Gasteiger partial charge on any atom is -0.465 e. The molecule has 8 heteroatoms. The number of hydrogen-bond donors (Lipinski definition) is 1. The number of benzene rings is 1. The third kappa shape index (κ3) is 3.13. The van der Waals surface area contributed by atoms with Crippen LogP contribution in [0.15, 0.2) is 22.7 Å². The Morgan fingerprint density at radius 1 is 1.33 bits per heavy atom. The van der Waals surface area contributed by atoms with Crippen LogP contribution >= 0.6 is 11.3 Å². The van der Waals surface area contributed by atoms with E-state index in [1.165, 1.54) is 7.11 Å². The van der Waals surface area contributed by atoms with Crippen molar-refractivity contribution < 1.29 is 18.8 Å². The number of fused-ring (bicyclic) bond motifs is 1. The van der Waals surface area contributed by atoms with Crippen LogP contribution in [0.25, 0.3) is 11.0 Å². The molecule has 0 bridgehead atoms. The molecule has 1 aromatic carbocycles. The van der Waals surface area contributed by atoms with E-state index in [-0.39, 0.29) is 12.3 Å². The Kier molecular flexibility index (Phi) is 4.30. The second-order valence-corrected chi connectivity index (χ2v) is 6.28. The summed E-state index contributed by atoms with van der Waals surface area (Å²) in [5, 5.41) is 7.80. The van der Waals surface area contributed by atoms with E-state index < -0.39 is 5.97 Å². The molecule has 0 radical (unpaired) electrons. The molecule has 0 unspecified atom stereocenters. The van der Waals surface area contributed by atoms with Gasteiger partial charge < -0.3 is 14.6 Å². The number of aromatic nitrogens is 2. The summed E-state index contributed by atoms with van der Waals surface area (Å²) in [6, 6.07) is 5.67. The Balaban J connectivity index is 1.76. The first-order chi connectivity index (χ1) is 11.5. The predicted molar refractivity (Wildman–Crippen MR) is 89.3 cm³/mol. The summed E-state index contributed by atoms with van der Waals surface area (Å²) in [5.74, 6) is -0.750. The molecule has 0 aliphatic carbocycles. The van der Waals surface area contributed by atoms with Gasteiger partial charge in [-0.15, -0.1) is 0 Å². The molecule has 2 aromatic heterocycles. The molecule has 3 rings (SSSR count). The molecule has 0 saturated heterocycles. The quantitative estimate of drug-likeness (QED) is 0.731. The number of anilines is 1. The van der Waals surface area contributed by atoms with E-state index in [1.807, 2.05) is 25.1 Å². The van der Waals surface area contributed by atoms with Crippen molar-refractivity contribution in [2.75, 3.05) is 12.4 Å². The van der Waals surface area contributed by atoms with Crippen molar-refractivity contribution in [3.8, 4) is 0 Å². The number of carbonyl (C=O) groups excluding carboxylic acids is 2. The highest BCUT2D eigenvalue weighted by Gasteiger charge is 2.18. The SMILES string of the molecule is COC(=O)c1sc(NC(=O)Cc2noc3ccc(C)cc23)nc1C. The monoisotopic (exact) mass is 345 g/mol. The Bertz CT molecular complexity index is 929. The Morgan fingerprint density at radius 3 is 2.88 bits per heavy atom. The molecule has 1 N–H and O–H groups in total. The maximum atomic E-state index is 12.2.